The van der Waals surface area contributed by atoms with Crippen molar-refractivity contribution in [1.82, 2.24) is 0 Å². The van der Waals surface area contributed by atoms with E-state index in [2.05, 4.69) is 6.92 Å². The first kappa shape index (κ1) is 15.0. The van der Waals surface area contributed by atoms with E-state index in [1.54, 1.807) is 0 Å². The van der Waals surface area contributed by atoms with E-state index in [-0.39, 0.29) is 21.1 Å². The average Bonchev–Trinajstić information content (AvgIpc) is 2.08. The molecule has 0 N–H and O–H groups in total. The van der Waals surface area contributed by atoms with Gasteiger partial charge in [0.05, 0.1) is 9.04 Å². The minimum Gasteiger partial charge on any atom is -0.542 e. The average molecular weight is 367 g/mol. The van der Waals surface area contributed by atoms with Crippen LogP contribution in [0.25, 0.3) is 0 Å². The van der Waals surface area contributed by atoms with E-state index >= 15 is 0 Å². The van der Waals surface area contributed by atoms with Crippen molar-refractivity contribution in [3.05, 3.63) is 6.92 Å². The Morgan fingerprint density at radius 2 is 2.17 bits per heavy atom. The third-order valence-electron chi connectivity index (χ3n) is 1.31. The molecule has 0 spiro atoms. The van der Waals surface area contributed by atoms with Gasteiger partial charge < -0.3 is 16.1 Å². The van der Waals surface area contributed by atoms with Crippen molar-refractivity contribution in [3.8, 4) is 0 Å². The summed E-state index contributed by atoms with van der Waals surface area (Å²) in [6.45, 7) is 6.30. The molecule has 74 valence electrons. The summed E-state index contributed by atoms with van der Waals surface area (Å²) < 4.78 is 5.14. The van der Waals surface area contributed by atoms with Crippen LogP contribution in [-0.4, -0.2) is 21.6 Å². The second-order valence-corrected chi connectivity index (χ2v) is 4.60. The van der Waals surface area contributed by atoms with Crippen molar-refractivity contribution in [3.63, 3.8) is 0 Å². The van der Waals surface area contributed by atoms with Gasteiger partial charge in [-0.05, 0) is 6.42 Å². The van der Waals surface area contributed by atoms with Crippen molar-refractivity contribution in [2.75, 3.05) is 6.61 Å². The zero-order chi connectivity index (χ0) is 8.53. The van der Waals surface area contributed by atoms with Gasteiger partial charge in [-0.1, -0.05) is 19.4 Å². The van der Waals surface area contributed by atoms with Gasteiger partial charge in [-0.3, -0.25) is 0 Å². The Bertz CT molecular complexity index is 95.1. The van der Waals surface area contributed by atoms with Crippen LogP contribution in [0.5, 0.6) is 0 Å². The number of hydrogen-bond donors (Lipinski definition) is 0. The van der Waals surface area contributed by atoms with E-state index in [9.17, 15) is 4.79 Å². The van der Waals surface area contributed by atoms with Crippen molar-refractivity contribution < 1.29 is 30.3 Å². The quantitative estimate of drug-likeness (QED) is 0.517. The van der Waals surface area contributed by atoms with Gasteiger partial charge in [0.15, 0.2) is 0 Å². The van der Waals surface area contributed by atoms with Gasteiger partial charge in [0, 0.05) is 6.61 Å². The van der Waals surface area contributed by atoms with Gasteiger partial charge in [0.1, 0.15) is 0 Å². The van der Waals surface area contributed by atoms with Crippen LogP contribution >= 0.6 is 0 Å². The molecule has 1 atom stereocenters. The molecule has 1 fully saturated rings. The number of carbonyl (C=O) groups excluding carboxylic acids is 1. The summed E-state index contributed by atoms with van der Waals surface area (Å²) >= 11 is 0. The zero-order valence-electron chi connectivity index (χ0n) is 7.45. The molecule has 0 aromatic rings. The summed E-state index contributed by atoms with van der Waals surface area (Å²) in [5, 5.41) is 0. The molecule has 4 heteroatoms. The molecule has 1 aliphatic rings. The van der Waals surface area contributed by atoms with Gasteiger partial charge in [-0.2, -0.15) is 6.42 Å². The molecule has 12 heavy (non-hydrogen) atoms. The van der Waals surface area contributed by atoms with Crippen LogP contribution in [0.3, 0.4) is 0 Å². The van der Waals surface area contributed by atoms with E-state index in [1.807, 2.05) is 12.8 Å². The molecule has 0 aromatic carbocycles. The molecule has 1 rings (SSSR count). The largest absolute Gasteiger partial charge is 2.00 e. The SMILES string of the molecule is O=[C-][SiH]1CCCCO1.[CH2-]CC.[Pt+2]. The summed E-state index contributed by atoms with van der Waals surface area (Å²) in [5.41, 5.74) is 0. The number of hydrogen-bond acceptors (Lipinski definition) is 2. The van der Waals surface area contributed by atoms with Crippen LogP contribution in [0.2, 0.25) is 6.04 Å². The van der Waals surface area contributed by atoms with Crippen LogP contribution in [0.15, 0.2) is 0 Å². The first-order chi connectivity index (χ1) is 5.35. The molecule has 0 radical (unpaired) electrons. The first-order valence-electron chi connectivity index (χ1n) is 4.13. The Kier molecular flexibility index (Phi) is 14.4. The van der Waals surface area contributed by atoms with Crippen LogP contribution < -0.4 is 0 Å². The molecule has 0 amide bonds. The molecule has 0 bridgehead atoms. The summed E-state index contributed by atoms with van der Waals surface area (Å²) in [6, 6.07) is 1.00. The molecule has 1 aliphatic heterocycles. The van der Waals surface area contributed by atoms with Crippen molar-refractivity contribution in [2.45, 2.75) is 32.2 Å². The summed E-state index contributed by atoms with van der Waals surface area (Å²) in [5.74, 6) is 1.97. The van der Waals surface area contributed by atoms with E-state index in [1.165, 1.54) is 6.42 Å². The third kappa shape index (κ3) is 8.63. The topological polar surface area (TPSA) is 26.3 Å². The normalized spacial score (nSPS) is 21.3. The first-order valence-corrected chi connectivity index (χ1v) is 6.00. The van der Waals surface area contributed by atoms with Crippen LogP contribution in [0.4, 0.5) is 0 Å². The van der Waals surface area contributed by atoms with Gasteiger partial charge in [0.25, 0.3) is 0 Å². The molecular weight excluding hydrogens is 351 g/mol. The molecule has 0 aliphatic carbocycles. The second-order valence-electron chi connectivity index (χ2n) is 2.47. The summed E-state index contributed by atoms with van der Waals surface area (Å²) in [4.78, 5) is 9.97. The Morgan fingerprint density at radius 1 is 1.58 bits per heavy atom. The van der Waals surface area contributed by atoms with Crippen molar-refractivity contribution in [1.29, 1.82) is 0 Å². The van der Waals surface area contributed by atoms with Gasteiger partial charge in [-0.15, -0.1) is 0 Å². The maximum absolute atomic E-state index is 9.97. The Balaban J connectivity index is 0. The van der Waals surface area contributed by atoms with E-state index in [0.29, 0.717) is 0 Å². The molecule has 1 saturated heterocycles. The summed E-state index contributed by atoms with van der Waals surface area (Å²) in [6.07, 6.45) is 3.30. The van der Waals surface area contributed by atoms with Crippen LogP contribution in [0, 0.1) is 6.92 Å². The standard InChI is InChI=1S/C5H9O2Si.C3H7.Pt/c6-5-8-4-2-1-3-7-8;1-3-2;/h8H,1-4H2;1,3H2,2H3;/q2*-1;+2. The van der Waals surface area contributed by atoms with Crippen molar-refractivity contribution in [2.24, 2.45) is 0 Å². The zero-order valence-corrected chi connectivity index (χ0v) is 10.9. The fourth-order valence-electron chi connectivity index (χ4n) is 0.834. The van der Waals surface area contributed by atoms with Crippen molar-refractivity contribution >= 4 is 14.9 Å². The van der Waals surface area contributed by atoms with Gasteiger partial charge >= 0.3 is 21.1 Å². The Morgan fingerprint density at radius 3 is 2.42 bits per heavy atom. The molecule has 1 heterocycles. The van der Waals surface area contributed by atoms with E-state index in [0.717, 1.165) is 25.5 Å². The fraction of sp³-hybridized carbons (Fsp3) is 0.750. The third-order valence-corrected chi connectivity index (χ3v) is 3.14. The molecular formula is C8H16O2PtSi. The fourth-order valence-corrected chi connectivity index (χ4v) is 2.30. The maximum atomic E-state index is 9.97. The molecule has 1 unspecified atom stereocenters. The monoisotopic (exact) mass is 367 g/mol. The molecule has 2 nitrogen and oxygen atoms in total. The predicted octanol–water partition coefficient (Wildman–Crippen LogP) is 1.40. The smallest absolute Gasteiger partial charge is 0.542 e. The number of rotatable bonds is 1. The van der Waals surface area contributed by atoms with E-state index in [4.69, 9.17) is 4.43 Å². The minimum atomic E-state index is -1.41. The maximum Gasteiger partial charge on any atom is 2.00 e. The predicted molar refractivity (Wildman–Crippen MR) is 48.5 cm³/mol. The van der Waals surface area contributed by atoms with Gasteiger partial charge in [0.2, 0.25) is 0 Å². The summed E-state index contributed by atoms with van der Waals surface area (Å²) in [7, 11) is -1.41. The minimum absolute atomic E-state index is 0. The van der Waals surface area contributed by atoms with Gasteiger partial charge in [-0.25, -0.2) is 5.91 Å². The Hall–Kier alpha value is 0.535. The second kappa shape index (κ2) is 11.5. The van der Waals surface area contributed by atoms with E-state index < -0.39 is 9.04 Å². The molecule has 0 saturated carbocycles. The van der Waals surface area contributed by atoms with Crippen LogP contribution in [-0.2, 0) is 30.3 Å². The van der Waals surface area contributed by atoms with Crippen LogP contribution in [0.1, 0.15) is 26.2 Å². The molecule has 0 aromatic heterocycles. The Labute approximate surface area is 91.1 Å².